The Morgan fingerprint density at radius 2 is 2.56 bits per heavy atom. The van der Waals surface area contributed by atoms with E-state index < -0.39 is 6.10 Å². The highest BCUT2D eigenvalue weighted by atomic mass is 16.4. The van der Waals surface area contributed by atoms with Crippen molar-refractivity contribution in [2.24, 2.45) is 0 Å². The monoisotopic (exact) mass is 224 g/mol. The Labute approximate surface area is 93.8 Å². The van der Waals surface area contributed by atoms with Crippen molar-refractivity contribution in [3.05, 3.63) is 24.2 Å². The molecule has 0 aromatic carbocycles. The zero-order valence-corrected chi connectivity index (χ0v) is 8.98. The van der Waals surface area contributed by atoms with Gasteiger partial charge in [-0.3, -0.25) is 4.79 Å². The number of carbonyl (C=O) groups is 1. The molecule has 0 spiro atoms. The number of nitrogens with one attached hydrogen (secondary N) is 2. The summed E-state index contributed by atoms with van der Waals surface area (Å²) in [4.78, 5) is 11.4. The van der Waals surface area contributed by atoms with Crippen molar-refractivity contribution in [2.45, 2.75) is 25.0 Å². The Bertz CT molecular complexity index is 337. The molecule has 1 fully saturated rings. The molecule has 1 aliphatic heterocycles. The second-order valence-corrected chi connectivity index (χ2v) is 3.93. The van der Waals surface area contributed by atoms with Crippen LogP contribution in [0.2, 0.25) is 0 Å². The summed E-state index contributed by atoms with van der Waals surface area (Å²) in [6.07, 6.45) is 2.60. The first kappa shape index (κ1) is 11.2. The molecule has 3 N–H and O–H groups in total. The van der Waals surface area contributed by atoms with Crippen molar-refractivity contribution in [2.75, 3.05) is 13.1 Å². The van der Waals surface area contributed by atoms with Gasteiger partial charge in [0.25, 0.3) is 0 Å². The fourth-order valence-electron chi connectivity index (χ4n) is 1.80. The van der Waals surface area contributed by atoms with Gasteiger partial charge in [0.1, 0.15) is 11.9 Å². The molecule has 0 saturated carbocycles. The van der Waals surface area contributed by atoms with Crippen LogP contribution in [0.3, 0.4) is 0 Å². The van der Waals surface area contributed by atoms with Crippen molar-refractivity contribution >= 4 is 5.91 Å². The van der Waals surface area contributed by atoms with E-state index in [0.29, 0.717) is 12.3 Å². The minimum atomic E-state index is -0.704. The average Bonchev–Trinajstić information content (AvgIpc) is 2.81. The van der Waals surface area contributed by atoms with E-state index in [0.717, 1.165) is 19.4 Å². The predicted octanol–water partition coefficient (Wildman–Crippen LogP) is 0.181. The summed E-state index contributed by atoms with van der Waals surface area (Å²) in [7, 11) is 0. The van der Waals surface area contributed by atoms with Gasteiger partial charge >= 0.3 is 0 Å². The molecule has 2 unspecified atom stereocenters. The number of rotatable bonds is 4. The maximum Gasteiger partial charge on any atom is 0.237 e. The molecule has 2 rings (SSSR count). The minimum Gasteiger partial charge on any atom is -0.467 e. The normalized spacial score (nSPS) is 22.8. The quantitative estimate of drug-likeness (QED) is 0.682. The van der Waals surface area contributed by atoms with Gasteiger partial charge in [0.2, 0.25) is 5.91 Å². The first-order valence-electron chi connectivity index (χ1n) is 5.50. The molecule has 0 bridgehead atoms. The van der Waals surface area contributed by atoms with E-state index in [1.807, 2.05) is 0 Å². The third-order valence-electron chi connectivity index (χ3n) is 2.71. The number of furan rings is 1. The van der Waals surface area contributed by atoms with E-state index in [-0.39, 0.29) is 11.9 Å². The molecule has 88 valence electrons. The first-order chi connectivity index (χ1) is 7.77. The number of hydrogen-bond donors (Lipinski definition) is 3. The van der Waals surface area contributed by atoms with E-state index in [2.05, 4.69) is 10.6 Å². The van der Waals surface area contributed by atoms with Crippen LogP contribution in [0.4, 0.5) is 0 Å². The highest BCUT2D eigenvalue weighted by molar-refractivity contribution is 5.82. The van der Waals surface area contributed by atoms with Gasteiger partial charge in [0.15, 0.2) is 0 Å². The summed E-state index contributed by atoms with van der Waals surface area (Å²) in [5.74, 6) is 0.529. The molecule has 5 nitrogen and oxygen atoms in total. The predicted molar refractivity (Wildman–Crippen MR) is 57.7 cm³/mol. The Balaban J connectivity index is 1.80. The van der Waals surface area contributed by atoms with Crippen LogP contribution in [-0.4, -0.2) is 30.1 Å². The molecule has 16 heavy (non-hydrogen) atoms. The van der Waals surface area contributed by atoms with Crippen LogP contribution in [0.25, 0.3) is 0 Å². The summed E-state index contributed by atoms with van der Waals surface area (Å²) in [5, 5.41) is 15.6. The number of hydrogen-bond acceptors (Lipinski definition) is 4. The van der Waals surface area contributed by atoms with Crippen molar-refractivity contribution < 1.29 is 14.3 Å². The molecule has 0 radical (unpaired) electrons. The largest absolute Gasteiger partial charge is 0.467 e. The number of aliphatic hydroxyl groups excluding tert-OH is 1. The van der Waals surface area contributed by atoms with Gasteiger partial charge in [-0.2, -0.15) is 0 Å². The molecule has 0 aliphatic carbocycles. The molecule has 1 amide bonds. The summed E-state index contributed by atoms with van der Waals surface area (Å²) in [5.41, 5.74) is 0. The zero-order valence-electron chi connectivity index (χ0n) is 8.98. The highest BCUT2D eigenvalue weighted by Gasteiger charge is 2.22. The molecule has 1 aromatic heterocycles. The van der Waals surface area contributed by atoms with Gasteiger partial charge in [-0.15, -0.1) is 0 Å². The van der Waals surface area contributed by atoms with E-state index in [1.54, 1.807) is 12.1 Å². The van der Waals surface area contributed by atoms with Crippen LogP contribution >= 0.6 is 0 Å². The van der Waals surface area contributed by atoms with Crippen LogP contribution in [0.1, 0.15) is 24.7 Å². The highest BCUT2D eigenvalue weighted by Crippen LogP contribution is 2.12. The van der Waals surface area contributed by atoms with Crippen molar-refractivity contribution in [3.8, 4) is 0 Å². The molecule has 1 aliphatic rings. The maximum atomic E-state index is 11.4. The van der Waals surface area contributed by atoms with Crippen LogP contribution in [0.15, 0.2) is 22.8 Å². The third kappa shape index (κ3) is 2.62. The lowest BCUT2D eigenvalue weighted by atomic mass is 10.1. The molecule has 1 saturated heterocycles. The summed E-state index contributed by atoms with van der Waals surface area (Å²) in [6, 6.07) is 3.25. The molecule has 1 aromatic rings. The lowest BCUT2D eigenvalue weighted by molar-refractivity contribution is -0.124. The average molecular weight is 224 g/mol. The fraction of sp³-hybridized carbons (Fsp3) is 0.545. The number of piperidine rings is 1. The lowest BCUT2D eigenvalue weighted by Crippen LogP contribution is -2.49. The number of amides is 1. The van der Waals surface area contributed by atoms with E-state index in [4.69, 9.17) is 4.42 Å². The summed E-state index contributed by atoms with van der Waals surface area (Å²) < 4.78 is 5.07. The zero-order chi connectivity index (χ0) is 11.4. The maximum absolute atomic E-state index is 11.4. The standard InChI is InChI=1S/C11H16N2O3/c14-9(10-4-2-6-16-10)7-13-8-3-1-5-12-11(8)15/h2,4,6,8-9,13-14H,1,3,5,7H2,(H,12,15). The summed E-state index contributed by atoms with van der Waals surface area (Å²) >= 11 is 0. The van der Waals surface area contributed by atoms with Crippen LogP contribution in [0.5, 0.6) is 0 Å². The van der Waals surface area contributed by atoms with Crippen LogP contribution in [0, 0.1) is 0 Å². The lowest BCUT2D eigenvalue weighted by Gasteiger charge is -2.23. The molecular formula is C11H16N2O3. The van der Waals surface area contributed by atoms with Gasteiger partial charge < -0.3 is 20.2 Å². The van der Waals surface area contributed by atoms with E-state index >= 15 is 0 Å². The summed E-state index contributed by atoms with van der Waals surface area (Å²) in [6.45, 7) is 1.07. The Hall–Kier alpha value is -1.33. The molecular weight excluding hydrogens is 208 g/mol. The van der Waals surface area contributed by atoms with Crippen molar-refractivity contribution in [3.63, 3.8) is 0 Å². The minimum absolute atomic E-state index is 0.0119. The van der Waals surface area contributed by atoms with Crippen LogP contribution in [-0.2, 0) is 4.79 Å². The van der Waals surface area contributed by atoms with Gasteiger partial charge in [0.05, 0.1) is 12.3 Å². The second-order valence-electron chi connectivity index (χ2n) is 3.93. The Morgan fingerprint density at radius 3 is 3.25 bits per heavy atom. The van der Waals surface area contributed by atoms with Gasteiger partial charge in [-0.25, -0.2) is 0 Å². The number of carbonyl (C=O) groups excluding carboxylic acids is 1. The van der Waals surface area contributed by atoms with Gasteiger partial charge in [-0.05, 0) is 25.0 Å². The number of aliphatic hydroxyl groups is 1. The fourth-order valence-corrected chi connectivity index (χ4v) is 1.80. The molecule has 5 heteroatoms. The second kappa shape index (κ2) is 5.14. The van der Waals surface area contributed by atoms with Gasteiger partial charge in [0, 0.05) is 13.1 Å². The van der Waals surface area contributed by atoms with E-state index in [1.165, 1.54) is 6.26 Å². The molecule has 2 heterocycles. The van der Waals surface area contributed by atoms with E-state index in [9.17, 15) is 9.90 Å². The molecule has 2 atom stereocenters. The SMILES string of the molecule is O=C1NCCCC1NCC(O)c1ccco1. The van der Waals surface area contributed by atoms with Crippen molar-refractivity contribution in [1.29, 1.82) is 0 Å². The Morgan fingerprint density at radius 1 is 1.69 bits per heavy atom. The Kier molecular flexibility index (Phi) is 3.58. The third-order valence-corrected chi connectivity index (χ3v) is 2.71. The van der Waals surface area contributed by atoms with Crippen molar-refractivity contribution in [1.82, 2.24) is 10.6 Å². The topological polar surface area (TPSA) is 74.5 Å². The first-order valence-corrected chi connectivity index (χ1v) is 5.50. The van der Waals surface area contributed by atoms with Crippen LogP contribution < -0.4 is 10.6 Å². The smallest absolute Gasteiger partial charge is 0.237 e. The van der Waals surface area contributed by atoms with Gasteiger partial charge in [-0.1, -0.05) is 0 Å².